The molecule has 0 bridgehead atoms. The Bertz CT molecular complexity index is 907. The van der Waals surface area contributed by atoms with Crippen LogP contribution in [0.25, 0.3) is 10.8 Å². The number of fused-ring (bicyclic) bond motifs is 1. The number of carbonyl (C=O) groups excluding carboxylic acids is 1. The summed E-state index contributed by atoms with van der Waals surface area (Å²) in [7, 11) is 0. The number of carbonyl (C=O) groups is 2. The van der Waals surface area contributed by atoms with Crippen molar-refractivity contribution < 1.29 is 19.4 Å². The van der Waals surface area contributed by atoms with Crippen molar-refractivity contribution in [2.45, 2.75) is 19.1 Å². The van der Waals surface area contributed by atoms with Crippen LogP contribution in [-0.2, 0) is 22.6 Å². The first kappa shape index (κ1) is 17.4. The van der Waals surface area contributed by atoms with E-state index in [9.17, 15) is 14.7 Å². The monoisotopic (exact) mass is 350 g/mol. The van der Waals surface area contributed by atoms with Crippen LogP contribution in [0.3, 0.4) is 0 Å². The van der Waals surface area contributed by atoms with Gasteiger partial charge in [0, 0.05) is 24.2 Å². The topological polar surface area (TPSA) is 88.5 Å². The fourth-order valence-corrected chi connectivity index (χ4v) is 2.69. The Labute approximate surface area is 150 Å². The normalized spacial score (nSPS) is 11.7. The van der Waals surface area contributed by atoms with Crippen molar-refractivity contribution in [3.63, 3.8) is 0 Å². The fourth-order valence-electron chi connectivity index (χ4n) is 2.69. The van der Waals surface area contributed by atoms with E-state index in [1.165, 1.54) is 0 Å². The van der Waals surface area contributed by atoms with Crippen LogP contribution in [-0.4, -0.2) is 28.2 Å². The van der Waals surface area contributed by atoms with Crippen molar-refractivity contribution in [2.75, 3.05) is 0 Å². The molecular weight excluding hydrogens is 332 g/mol. The highest BCUT2D eigenvalue weighted by Crippen LogP contribution is 2.19. The molecule has 2 N–H and O–H groups in total. The Balaban J connectivity index is 1.67. The zero-order valence-electron chi connectivity index (χ0n) is 14.0. The highest BCUT2D eigenvalue weighted by atomic mass is 16.5. The Morgan fingerprint density at radius 3 is 2.65 bits per heavy atom. The number of rotatable bonds is 6. The van der Waals surface area contributed by atoms with Gasteiger partial charge in [-0.15, -0.1) is 0 Å². The van der Waals surface area contributed by atoms with Gasteiger partial charge in [0.1, 0.15) is 12.6 Å². The molecule has 0 saturated heterocycles. The van der Waals surface area contributed by atoms with Crippen molar-refractivity contribution in [2.24, 2.45) is 0 Å². The Morgan fingerprint density at radius 2 is 1.88 bits per heavy atom. The number of ether oxygens (including phenoxy) is 1. The van der Waals surface area contributed by atoms with E-state index < -0.39 is 18.1 Å². The molecule has 1 heterocycles. The van der Waals surface area contributed by atoms with E-state index in [2.05, 4.69) is 10.3 Å². The molecule has 0 fully saturated rings. The van der Waals surface area contributed by atoms with Crippen LogP contribution in [0.1, 0.15) is 11.1 Å². The van der Waals surface area contributed by atoms with Crippen LogP contribution in [0.4, 0.5) is 4.79 Å². The smallest absolute Gasteiger partial charge is 0.408 e. The van der Waals surface area contributed by atoms with Crippen molar-refractivity contribution >= 4 is 22.8 Å². The summed E-state index contributed by atoms with van der Waals surface area (Å²) < 4.78 is 5.11. The minimum Gasteiger partial charge on any atom is -0.480 e. The number of nitrogens with one attached hydrogen (secondary N) is 1. The number of amides is 1. The summed E-state index contributed by atoms with van der Waals surface area (Å²) in [6.45, 7) is 0.0823. The quantitative estimate of drug-likeness (QED) is 0.713. The molecule has 132 valence electrons. The van der Waals surface area contributed by atoms with Gasteiger partial charge in [-0.1, -0.05) is 48.5 Å². The first-order valence-electron chi connectivity index (χ1n) is 8.15. The number of pyridine rings is 1. The highest BCUT2D eigenvalue weighted by molar-refractivity contribution is 5.86. The third kappa shape index (κ3) is 4.36. The summed E-state index contributed by atoms with van der Waals surface area (Å²) in [4.78, 5) is 27.6. The van der Waals surface area contributed by atoms with Crippen LogP contribution in [0, 0.1) is 0 Å². The average molecular weight is 350 g/mol. The second-order valence-electron chi connectivity index (χ2n) is 5.81. The molecule has 6 nitrogen and oxygen atoms in total. The second-order valence-corrected chi connectivity index (χ2v) is 5.81. The van der Waals surface area contributed by atoms with Crippen molar-refractivity contribution in [1.29, 1.82) is 0 Å². The molecule has 6 heteroatoms. The number of carboxylic acid groups (broad SMARTS) is 1. The maximum Gasteiger partial charge on any atom is 0.408 e. The van der Waals surface area contributed by atoms with Crippen molar-refractivity contribution in [3.8, 4) is 0 Å². The van der Waals surface area contributed by atoms with Gasteiger partial charge < -0.3 is 15.2 Å². The van der Waals surface area contributed by atoms with E-state index in [-0.39, 0.29) is 13.0 Å². The lowest BCUT2D eigenvalue weighted by Gasteiger charge is -2.16. The van der Waals surface area contributed by atoms with Crippen LogP contribution >= 0.6 is 0 Å². The Hall–Kier alpha value is -3.41. The van der Waals surface area contributed by atoms with E-state index in [0.29, 0.717) is 0 Å². The number of carboxylic acids is 1. The number of aromatic nitrogens is 1. The van der Waals surface area contributed by atoms with E-state index in [1.807, 2.05) is 54.6 Å². The second kappa shape index (κ2) is 8.11. The standard InChI is InChI=1S/C20H18N2O4/c23-19(24)18(22-20(25)26-13-14-5-2-1-3-6-14)11-15-7-4-8-16-12-21-10-9-17(15)16/h1-10,12,18H,11,13H2,(H,22,25)(H,23,24)/t18-/m0/s1. The molecule has 0 spiro atoms. The summed E-state index contributed by atoms with van der Waals surface area (Å²) in [5.41, 5.74) is 1.65. The lowest BCUT2D eigenvalue weighted by Crippen LogP contribution is -2.42. The Morgan fingerprint density at radius 1 is 1.08 bits per heavy atom. The minimum absolute atomic E-state index is 0.0823. The van der Waals surface area contributed by atoms with Gasteiger partial charge in [0.15, 0.2) is 0 Å². The summed E-state index contributed by atoms with van der Waals surface area (Å²) in [6.07, 6.45) is 2.76. The minimum atomic E-state index is -1.12. The molecule has 0 unspecified atom stereocenters. The summed E-state index contributed by atoms with van der Waals surface area (Å²) >= 11 is 0. The third-order valence-electron chi connectivity index (χ3n) is 4.00. The lowest BCUT2D eigenvalue weighted by atomic mass is 10.00. The van der Waals surface area contributed by atoms with Gasteiger partial charge in [0.25, 0.3) is 0 Å². The third-order valence-corrected chi connectivity index (χ3v) is 4.00. The van der Waals surface area contributed by atoms with E-state index in [4.69, 9.17) is 4.74 Å². The molecule has 3 rings (SSSR count). The number of hydrogen-bond donors (Lipinski definition) is 2. The van der Waals surface area contributed by atoms with E-state index >= 15 is 0 Å². The molecule has 2 aromatic carbocycles. The number of hydrogen-bond acceptors (Lipinski definition) is 4. The van der Waals surface area contributed by atoms with Crippen molar-refractivity contribution in [1.82, 2.24) is 10.3 Å². The van der Waals surface area contributed by atoms with Gasteiger partial charge in [0.2, 0.25) is 0 Å². The predicted octanol–water partition coefficient (Wildman–Crippen LogP) is 3.16. The number of aliphatic carboxylic acids is 1. The van der Waals surface area contributed by atoms with E-state index in [1.54, 1.807) is 12.4 Å². The summed E-state index contributed by atoms with van der Waals surface area (Å²) in [6, 6.07) is 15.5. The molecule has 26 heavy (non-hydrogen) atoms. The molecule has 1 atom stereocenters. The lowest BCUT2D eigenvalue weighted by molar-refractivity contribution is -0.139. The number of benzene rings is 2. The highest BCUT2D eigenvalue weighted by Gasteiger charge is 2.22. The molecule has 0 aliphatic heterocycles. The summed E-state index contributed by atoms with van der Waals surface area (Å²) in [5, 5.41) is 13.7. The van der Waals surface area contributed by atoms with Gasteiger partial charge in [0.05, 0.1) is 0 Å². The zero-order chi connectivity index (χ0) is 18.4. The van der Waals surface area contributed by atoms with Crippen molar-refractivity contribution in [3.05, 3.63) is 78.1 Å². The van der Waals surface area contributed by atoms with Gasteiger partial charge in [-0.3, -0.25) is 4.98 Å². The molecule has 3 aromatic rings. The van der Waals surface area contributed by atoms with Gasteiger partial charge >= 0.3 is 12.1 Å². The molecule has 0 radical (unpaired) electrons. The molecule has 1 amide bonds. The molecular formula is C20H18N2O4. The van der Waals surface area contributed by atoms with Gasteiger partial charge in [-0.05, 0) is 22.6 Å². The largest absolute Gasteiger partial charge is 0.480 e. The maximum atomic E-state index is 12.0. The van der Waals surface area contributed by atoms with Crippen LogP contribution in [0.2, 0.25) is 0 Å². The molecule has 0 aliphatic rings. The maximum absolute atomic E-state index is 12.0. The van der Waals surface area contributed by atoms with E-state index in [0.717, 1.165) is 21.9 Å². The summed E-state index contributed by atoms with van der Waals surface area (Å²) in [5.74, 6) is -1.12. The fraction of sp³-hybridized carbons (Fsp3) is 0.150. The first-order valence-corrected chi connectivity index (χ1v) is 8.15. The average Bonchev–Trinajstić information content (AvgIpc) is 2.67. The molecule has 0 aliphatic carbocycles. The molecule has 0 saturated carbocycles. The SMILES string of the molecule is O=C(N[C@@H](Cc1cccc2cnccc12)C(=O)O)OCc1ccccc1. The number of alkyl carbamates (subject to hydrolysis) is 1. The Kier molecular flexibility index (Phi) is 5.43. The first-order chi connectivity index (χ1) is 12.6. The predicted molar refractivity (Wildman–Crippen MR) is 96.6 cm³/mol. The van der Waals surface area contributed by atoms with Crippen LogP contribution in [0.15, 0.2) is 67.0 Å². The van der Waals surface area contributed by atoms with Gasteiger partial charge in [-0.2, -0.15) is 0 Å². The molecule has 1 aromatic heterocycles. The zero-order valence-corrected chi connectivity index (χ0v) is 14.0. The van der Waals surface area contributed by atoms with Crippen LogP contribution < -0.4 is 5.32 Å². The van der Waals surface area contributed by atoms with Crippen LogP contribution in [0.5, 0.6) is 0 Å². The number of nitrogens with zero attached hydrogens (tertiary/aromatic N) is 1. The van der Waals surface area contributed by atoms with Gasteiger partial charge in [-0.25, -0.2) is 9.59 Å².